The van der Waals surface area contributed by atoms with E-state index in [0.29, 0.717) is 23.7 Å². The molecule has 5 heteroatoms. The summed E-state index contributed by atoms with van der Waals surface area (Å²) in [5.74, 6) is 2.69. The molecule has 4 bridgehead atoms. The standard InChI is InChI=1S/C46H47BN4/c1-22-16-31-33(18-24(22)3)50-42-28-12-8-26(9-13-28)37(42)40-44(50)48(31)35-20-30(46(5,6)7)21-36-39(35)47(40)41-38-27-10-14-29(15-11-27)43(38)51-34-19-25(4)23(2)17-32(34)49(36)45(41)51/h16-21,26-29H,8-15H2,1-7H3. The quantitative estimate of drug-likeness (QED) is 0.144. The molecule has 51 heavy (non-hydrogen) atoms. The lowest BCUT2D eigenvalue weighted by Gasteiger charge is -2.41. The fourth-order valence-corrected chi connectivity index (χ4v) is 12.9. The molecule has 254 valence electrons. The van der Waals surface area contributed by atoms with E-state index in [1.165, 1.54) is 124 Å². The summed E-state index contributed by atoms with van der Waals surface area (Å²) in [7, 11) is 0. The van der Waals surface area contributed by atoms with Crippen molar-refractivity contribution >= 4 is 56.5 Å². The number of hydrogen-bond donors (Lipinski definition) is 0. The molecular weight excluding hydrogens is 619 g/mol. The average molecular weight is 667 g/mol. The van der Waals surface area contributed by atoms with Gasteiger partial charge in [-0.15, -0.1) is 0 Å². The largest absolute Gasteiger partial charge is 0.298 e. The van der Waals surface area contributed by atoms with Crippen molar-refractivity contribution in [2.24, 2.45) is 0 Å². The molecule has 2 saturated carbocycles. The number of hydrogen-bond acceptors (Lipinski definition) is 0. The Balaban J connectivity index is 1.32. The molecule has 0 saturated heterocycles. The summed E-state index contributed by atoms with van der Waals surface area (Å²) in [4.78, 5) is 0. The number of rotatable bonds is 0. The predicted octanol–water partition coefficient (Wildman–Crippen LogP) is 9.26. The average Bonchev–Trinajstić information content (AvgIpc) is 3.85. The molecule has 8 aliphatic rings. The smallest absolute Gasteiger partial charge is 0.257 e. The van der Waals surface area contributed by atoms with Gasteiger partial charge in [-0.2, -0.15) is 0 Å². The lowest BCUT2D eigenvalue weighted by atomic mass is 9.32. The molecule has 7 aromatic rings. The van der Waals surface area contributed by atoms with Crippen molar-refractivity contribution in [1.29, 1.82) is 0 Å². The maximum Gasteiger partial charge on any atom is 0.257 e. The van der Waals surface area contributed by atoms with Crippen LogP contribution < -0.4 is 16.4 Å². The number of benzene rings is 3. The van der Waals surface area contributed by atoms with Gasteiger partial charge in [-0.1, -0.05) is 20.8 Å². The van der Waals surface area contributed by atoms with E-state index in [4.69, 9.17) is 0 Å². The number of imidazole rings is 2. The van der Waals surface area contributed by atoms with E-state index in [2.05, 4.69) is 103 Å². The second kappa shape index (κ2) is 8.73. The first-order valence-electron chi connectivity index (χ1n) is 20.2. The minimum absolute atomic E-state index is 0.0136. The van der Waals surface area contributed by atoms with E-state index >= 15 is 0 Å². The van der Waals surface area contributed by atoms with Gasteiger partial charge in [0.1, 0.15) is 11.3 Å². The Kier molecular flexibility index (Phi) is 4.87. The maximum absolute atomic E-state index is 2.83. The SMILES string of the molecule is Cc1cc2c(cc1C)n1c3c(c4c1n2-c1cc(C(C)(C)C)cc2c1B4c1c4c(n5c6cc(C)c(C)cc6n-2c15)C1CCC4CC1)C1CCC3CC1. The van der Waals surface area contributed by atoms with Crippen molar-refractivity contribution in [1.82, 2.24) is 17.9 Å². The highest BCUT2D eigenvalue weighted by Crippen LogP contribution is 2.55. The topological polar surface area (TPSA) is 18.7 Å². The molecule has 0 amide bonds. The molecule has 3 aromatic carbocycles. The Morgan fingerprint density at radius 3 is 1.25 bits per heavy atom. The highest BCUT2D eigenvalue weighted by atomic mass is 15.2. The van der Waals surface area contributed by atoms with Gasteiger partial charge in [0.2, 0.25) is 0 Å². The normalized spacial score (nSPS) is 23.7. The Bertz CT molecular complexity index is 2620. The van der Waals surface area contributed by atoms with E-state index in [0.717, 1.165) is 0 Å². The first-order valence-corrected chi connectivity index (χ1v) is 20.2. The summed E-state index contributed by atoms with van der Waals surface area (Å²) in [5.41, 5.74) is 30.4. The van der Waals surface area contributed by atoms with Crippen molar-refractivity contribution in [2.45, 2.75) is 129 Å². The maximum atomic E-state index is 2.83. The summed E-state index contributed by atoms with van der Waals surface area (Å²) in [6, 6.07) is 15.4. The molecule has 4 aromatic heterocycles. The third kappa shape index (κ3) is 3.06. The summed E-state index contributed by atoms with van der Waals surface area (Å²) in [6.07, 6.45) is 10.8. The first-order chi connectivity index (χ1) is 24.6. The summed E-state index contributed by atoms with van der Waals surface area (Å²) in [6.45, 7) is 16.8. The molecule has 0 radical (unpaired) electrons. The van der Waals surface area contributed by atoms with Gasteiger partial charge in [-0.05, 0) is 200 Å². The van der Waals surface area contributed by atoms with Crippen LogP contribution in [0.15, 0.2) is 36.4 Å². The third-order valence-corrected chi connectivity index (χ3v) is 15.5. The number of aromatic nitrogens is 4. The van der Waals surface area contributed by atoms with E-state index in [-0.39, 0.29) is 12.1 Å². The molecule has 0 atom stereocenters. The lowest BCUT2D eigenvalue weighted by Crippen LogP contribution is -2.61. The number of fused-ring (bicyclic) bond motifs is 14. The Morgan fingerprint density at radius 1 is 0.490 bits per heavy atom. The van der Waals surface area contributed by atoms with Crippen LogP contribution in [0.4, 0.5) is 0 Å². The van der Waals surface area contributed by atoms with Crippen LogP contribution in [0.3, 0.4) is 0 Å². The predicted molar refractivity (Wildman–Crippen MR) is 212 cm³/mol. The molecule has 0 spiro atoms. The van der Waals surface area contributed by atoms with Crippen molar-refractivity contribution < 1.29 is 0 Å². The summed E-state index contributed by atoms with van der Waals surface area (Å²) < 4.78 is 11.2. The molecule has 2 fully saturated rings. The van der Waals surface area contributed by atoms with Crippen LogP contribution in [0.2, 0.25) is 0 Å². The van der Waals surface area contributed by atoms with Gasteiger partial charge in [0.25, 0.3) is 6.71 Å². The van der Waals surface area contributed by atoms with Crippen LogP contribution in [0.25, 0.3) is 44.7 Å². The van der Waals surface area contributed by atoms with Crippen LogP contribution in [0.1, 0.15) is 146 Å². The zero-order chi connectivity index (χ0) is 34.1. The van der Waals surface area contributed by atoms with Gasteiger partial charge in [-0.25, -0.2) is 0 Å². The Labute approximate surface area is 300 Å². The molecule has 4 nitrogen and oxygen atoms in total. The molecule has 0 unspecified atom stereocenters. The lowest BCUT2D eigenvalue weighted by molar-refractivity contribution is 0.353. The molecule has 6 aliphatic carbocycles. The Hall–Kier alpha value is -4.12. The van der Waals surface area contributed by atoms with Crippen molar-refractivity contribution in [2.75, 3.05) is 0 Å². The highest BCUT2D eigenvalue weighted by molar-refractivity contribution is 7.00. The monoisotopic (exact) mass is 666 g/mol. The van der Waals surface area contributed by atoms with Crippen molar-refractivity contribution in [3.8, 4) is 11.4 Å². The molecule has 6 heterocycles. The fraction of sp³-hybridized carbons (Fsp3) is 0.435. The molecule has 15 rings (SSSR count). The summed E-state index contributed by atoms with van der Waals surface area (Å²) in [5, 5.41) is 0. The molecular formula is C46H47BN4. The van der Waals surface area contributed by atoms with Gasteiger partial charge < -0.3 is 0 Å². The minimum Gasteiger partial charge on any atom is -0.298 e. The third-order valence-electron chi connectivity index (χ3n) is 15.5. The van der Waals surface area contributed by atoms with Crippen LogP contribution in [-0.4, -0.2) is 24.6 Å². The zero-order valence-electron chi connectivity index (χ0n) is 31.3. The van der Waals surface area contributed by atoms with Crippen LogP contribution >= 0.6 is 0 Å². The van der Waals surface area contributed by atoms with E-state index < -0.39 is 0 Å². The van der Waals surface area contributed by atoms with Gasteiger partial charge in [0.15, 0.2) is 0 Å². The van der Waals surface area contributed by atoms with Crippen molar-refractivity contribution in [3.05, 3.63) is 86.7 Å². The van der Waals surface area contributed by atoms with Gasteiger partial charge in [0, 0.05) is 22.8 Å². The zero-order valence-corrected chi connectivity index (χ0v) is 31.3. The van der Waals surface area contributed by atoms with Crippen molar-refractivity contribution in [3.63, 3.8) is 0 Å². The summed E-state index contributed by atoms with van der Waals surface area (Å²) >= 11 is 0. The Morgan fingerprint density at radius 2 is 0.863 bits per heavy atom. The van der Waals surface area contributed by atoms with Crippen LogP contribution in [-0.2, 0) is 5.41 Å². The highest BCUT2D eigenvalue weighted by Gasteiger charge is 2.52. The second-order valence-corrected chi connectivity index (χ2v) is 19.0. The number of nitrogens with zero attached hydrogens (tertiary/aromatic N) is 4. The van der Waals surface area contributed by atoms with E-state index in [1.807, 2.05) is 0 Å². The van der Waals surface area contributed by atoms with E-state index in [9.17, 15) is 0 Å². The second-order valence-electron chi connectivity index (χ2n) is 19.0. The first kappa shape index (κ1) is 28.5. The molecule has 2 aliphatic heterocycles. The fourth-order valence-electron chi connectivity index (χ4n) is 12.9. The van der Waals surface area contributed by atoms with Gasteiger partial charge in [-0.3, -0.25) is 17.9 Å². The van der Waals surface area contributed by atoms with Crippen LogP contribution in [0, 0.1) is 27.7 Å². The van der Waals surface area contributed by atoms with Gasteiger partial charge >= 0.3 is 0 Å². The van der Waals surface area contributed by atoms with Crippen LogP contribution in [0.5, 0.6) is 0 Å². The van der Waals surface area contributed by atoms with Gasteiger partial charge in [0.05, 0.1) is 22.1 Å². The number of aryl methyl sites for hydroxylation is 4. The molecule has 0 N–H and O–H groups in total. The minimum atomic E-state index is 0.0136. The van der Waals surface area contributed by atoms with E-state index in [1.54, 1.807) is 38.9 Å².